The first-order chi connectivity index (χ1) is 4.27. The average Bonchev–Trinajstić information content (AvgIpc) is 2.22. The molecule has 0 saturated heterocycles. The number of hydrogen-bond acceptors (Lipinski definition) is 1. The molecule has 1 nitrogen and oxygen atoms in total. The van der Waals surface area contributed by atoms with E-state index in [1.165, 1.54) is 11.1 Å². The third-order valence-corrected chi connectivity index (χ3v) is 1.65. The number of aryl methyl sites for hydroxylation is 2. The molecule has 2 bridgehead atoms. The molecule has 0 spiro atoms. The van der Waals surface area contributed by atoms with Gasteiger partial charge in [0.05, 0.1) is 0 Å². The van der Waals surface area contributed by atoms with Crippen molar-refractivity contribution in [3.05, 3.63) is 23.3 Å². The summed E-state index contributed by atoms with van der Waals surface area (Å²) in [6.45, 7) is 4.14. The molecule has 0 aromatic carbocycles. The van der Waals surface area contributed by atoms with E-state index in [1.807, 2.05) is 0 Å². The predicted octanol–water partition coefficient (Wildman–Crippen LogP) is 2.93. The summed E-state index contributed by atoms with van der Waals surface area (Å²) in [4.78, 5) is 0. The van der Waals surface area contributed by atoms with E-state index >= 15 is 0 Å². The Hall–Kier alpha value is -0.266. The summed E-state index contributed by atoms with van der Waals surface area (Å²) in [7, 11) is 0. The Labute approximate surface area is 80.6 Å². The van der Waals surface area contributed by atoms with Crippen molar-refractivity contribution < 1.29 is 31.8 Å². The molecule has 0 aliphatic carbocycles. The van der Waals surface area contributed by atoms with Gasteiger partial charge >= 0.3 is 21.7 Å². The van der Waals surface area contributed by atoms with Crippen molar-refractivity contribution in [2.24, 2.45) is 0 Å². The van der Waals surface area contributed by atoms with Gasteiger partial charge in [-0.15, -0.1) is 0 Å². The molecule has 54 valence electrons. The topological polar surface area (TPSA) is 13.1 Å². The van der Waals surface area contributed by atoms with Crippen molar-refractivity contribution in [3.63, 3.8) is 0 Å². The van der Waals surface area contributed by atoms with Crippen LogP contribution in [0.1, 0.15) is 16.8 Å². The molecule has 0 unspecified atom stereocenters. The van der Waals surface area contributed by atoms with Crippen molar-refractivity contribution in [1.82, 2.24) is 0 Å². The van der Waals surface area contributed by atoms with Crippen molar-refractivity contribution >= 4 is 11.2 Å². The standard InChI is InChI=1S/C8H8O.Ti.4H/c1-5-3-7-4-6(2)8(5)9-7;;;;;/h3-4H,1-2H3;;;;;/q;+4;4*-1. The summed E-state index contributed by atoms with van der Waals surface area (Å²) in [5.41, 5.74) is 4.57. The fourth-order valence-corrected chi connectivity index (χ4v) is 1.25. The maximum atomic E-state index is 5.34. The minimum absolute atomic E-state index is 0. The molecule has 0 aliphatic heterocycles. The van der Waals surface area contributed by atoms with E-state index in [0.717, 1.165) is 11.2 Å². The zero-order valence-electron chi connectivity index (χ0n) is 10.1. The SMILES string of the molecule is Cc1cc2cc(C)c1o2.[H-].[H-].[H-].[H-].[Ti+4]. The number of furan rings is 2. The van der Waals surface area contributed by atoms with Crippen molar-refractivity contribution in [2.45, 2.75) is 13.8 Å². The molecule has 0 atom stereocenters. The molecule has 0 fully saturated rings. The van der Waals surface area contributed by atoms with Crippen molar-refractivity contribution in [2.75, 3.05) is 0 Å². The van der Waals surface area contributed by atoms with Gasteiger partial charge in [0.1, 0.15) is 11.2 Å². The molecule has 2 aromatic rings. The third-order valence-electron chi connectivity index (χ3n) is 1.65. The van der Waals surface area contributed by atoms with Crippen LogP contribution in [0.5, 0.6) is 0 Å². The van der Waals surface area contributed by atoms with Crippen molar-refractivity contribution in [3.8, 4) is 0 Å². The molecular weight excluding hydrogens is 160 g/mol. The molecular formula is C8H12OTi. The summed E-state index contributed by atoms with van der Waals surface area (Å²) in [5, 5.41) is 0. The fraction of sp³-hybridized carbons (Fsp3) is 0.250. The van der Waals surface area contributed by atoms with Gasteiger partial charge in [-0.25, -0.2) is 0 Å². The number of rotatable bonds is 0. The second-order valence-corrected chi connectivity index (χ2v) is 2.49. The summed E-state index contributed by atoms with van der Waals surface area (Å²) in [5.74, 6) is 0. The Morgan fingerprint density at radius 1 is 1.20 bits per heavy atom. The predicted molar refractivity (Wildman–Crippen MR) is 41.3 cm³/mol. The third kappa shape index (κ3) is 0.901. The van der Waals surface area contributed by atoms with E-state index in [9.17, 15) is 0 Å². The summed E-state index contributed by atoms with van der Waals surface area (Å²) in [6.07, 6.45) is 0. The summed E-state index contributed by atoms with van der Waals surface area (Å²) >= 11 is 0. The van der Waals surface area contributed by atoms with Gasteiger partial charge in [-0.2, -0.15) is 0 Å². The molecule has 0 amide bonds. The zero-order chi connectivity index (χ0) is 6.43. The van der Waals surface area contributed by atoms with Gasteiger partial charge in [0.2, 0.25) is 0 Å². The van der Waals surface area contributed by atoms with Crippen LogP contribution in [0.4, 0.5) is 0 Å². The van der Waals surface area contributed by atoms with E-state index in [1.54, 1.807) is 0 Å². The van der Waals surface area contributed by atoms with Gasteiger partial charge in [-0.05, 0) is 37.1 Å². The minimum Gasteiger partial charge on any atom is -1.00 e. The number of benzene rings is 1. The smallest absolute Gasteiger partial charge is 1.00 e. The van der Waals surface area contributed by atoms with Crippen LogP contribution < -0.4 is 0 Å². The maximum Gasteiger partial charge on any atom is 4.00 e. The second-order valence-electron chi connectivity index (χ2n) is 2.49. The molecule has 0 aliphatic rings. The maximum absolute atomic E-state index is 5.34. The first-order valence-electron chi connectivity index (χ1n) is 3.06. The molecule has 2 heteroatoms. The Kier molecular flexibility index (Phi) is 1.89. The zero-order valence-corrected chi connectivity index (χ0v) is 7.62. The Morgan fingerprint density at radius 3 is 1.90 bits per heavy atom. The number of fused-ring (bicyclic) bond motifs is 2. The van der Waals surface area contributed by atoms with Crippen LogP contribution in [-0.2, 0) is 21.7 Å². The molecule has 0 N–H and O–H groups in total. The van der Waals surface area contributed by atoms with E-state index in [-0.39, 0.29) is 27.4 Å². The number of hydrogen-bond donors (Lipinski definition) is 0. The van der Waals surface area contributed by atoms with E-state index < -0.39 is 0 Å². The molecule has 10 heavy (non-hydrogen) atoms. The molecule has 0 radical (unpaired) electrons. The molecule has 0 saturated carbocycles. The Balaban J connectivity index is -0.0000001000. The monoisotopic (exact) mass is 172 g/mol. The quantitative estimate of drug-likeness (QED) is 0.556. The van der Waals surface area contributed by atoms with Gasteiger partial charge in [0.15, 0.2) is 0 Å². The van der Waals surface area contributed by atoms with Gasteiger partial charge in [-0.3, -0.25) is 0 Å². The van der Waals surface area contributed by atoms with Crippen LogP contribution in [0.3, 0.4) is 0 Å². The van der Waals surface area contributed by atoms with Crippen LogP contribution in [0, 0.1) is 13.8 Å². The van der Waals surface area contributed by atoms with E-state index in [4.69, 9.17) is 4.42 Å². The first kappa shape index (κ1) is 7.84. The van der Waals surface area contributed by atoms with Crippen LogP contribution in [0.2, 0.25) is 0 Å². The summed E-state index contributed by atoms with van der Waals surface area (Å²) in [6, 6.07) is 4.12. The second kappa shape index (κ2) is 2.41. The van der Waals surface area contributed by atoms with Gasteiger partial charge < -0.3 is 10.1 Å². The molecule has 2 heterocycles. The fourth-order valence-electron chi connectivity index (χ4n) is 1.25. The first-order valence-corrected chi connectivity index (χ1v) is 3.06. The average molecular weight is 172 g/mol. The van der Waals surface area contributed by atoms with Crippen LogP contribution in [0.15, 0.2) is 16.5 Å². The Morgan fingerprint density at radius 2 is 1.70 bits per heavy atom. The largest absolute Gasteiger partial charge is 4.00 e. The van der Waals surface area contributed by atoms with Gasteiger partial charge in [0.25, 0.3) is 0 Å². The van der Waals surface area contributed by atoms with E-state index in [2.05, 4.69) is 26.0 Å². The molecule has 2 aromatic heterocycles. The van der Waals surface area contributed by atoms with Crippen LogP contribution in [0.25, 0.3) is 11.2 Å². The van der Waals surface area contributed by atoms with Gasteiger partial charge in [0, 0.05) is 0 Å². The van der Waals surface area contributed by atoms with Crippen molar-refractivity contribution in [1.29, 1.82) is 0 Å². The van der Waals surface area contributed by atoms with Gasteiger partial charge in [-0.1, -0.05) is 0 Å². The normalized spacial score (nSPS) is 10.2. The van der Waals surface area contributed by atoms with Crippen LogP contribution in [-0.4, -0.2) is 0 Å². The van der Waals surface area contributed by atoms with E-state index in [0.29, 0.717) is 0 Å². The molecule has 2 rings (SSSR count). The Bertz CT molecular complexity index is 310. The summed E-state index contributed by atoms with van der Waals surface area (Å²) < 4.78 is 5.34. The van der Waals surface area contributed by atoms with Crippen LogP contribution >= 0.6 is 0 Å². The minimum atomic E-state index is 0.